The monoisotopic (exact) mass is 288 g/mol. The molecule has 0 aliphatic carbocycles. The molecule has 0 bridgehead atoms. The molecule has 0 aromatic carbocycles. The van der Waals surface area contributed by atoms with E-state index >= 15 is 0 Å². The van der Waals surface area contributed by atoms with Crippen LogP contribution in [0.5, 0.6) is 0 Å². The van der Waals surface area contributed by atoms with Gasteiger partial charge in [-0.1, -0.05) is 6.08 Å². The van der Waals surface area contributed by atoms with Gasteiger partial charge in [0, 0.05) is 34.9 Å². The molecule has 0 saturated carbocycles. The summed E-state index contributed by atoms with van der Waals surface area (Å²) in [5.41, 5.74) is 0. The standard InChI is InChI=1S/C14H24O6/c1-6-7-8-9(15)10-11(16-2)12(17-3)13(18-4)14(19-5)20-10/h6,10-14H,1,7-8H2,2-5H3/t10-,11-,12+,13-,14+/m1/s1. The van der Waals surface area contributed by atoms with Gasteiger partial charge in [-0.3, -0.25) is 4.79 Å². The highest BCUT2D eigenvalue weighted by atomic mass is 16.7. The summed E-state index contributed by atoms with van der Waals surface area (Å²) >= 11 is 0. The third kappa shape index (κ3) is 3.65. The smallest absolute Gasteiger partial charge is 0.187 e. The summed E-state index contributed by atoms with van der Waals surface area (Å²) in [6, 6.07) is 0. The van der Waals surface area contributed by atoms with Crippen molar-refractivity contribution in [3.8, 4) is 0 Å². The van der Waals surface area contributed by atoms with Crippen molar-refractivity contribution in [1.82, 2.24) is 0 Å². The van der Waals surface area contributed by atoms with E-state index in [1.165, 1.54) is 14.2 Å². The highest BCUT2D eigenvalue weighted by Gasteiger charge is 2.49. The summed E-state index contributed by atoms with van der Waals surface area (Å²) in [5.74, 6) is -0.0598. The van der Waals surface area contributed by atoms with Crippen molar-refractivity contribution in [3.05, 3.63) is 12.7 Å². The molecular weight excluding hydrogens is 264 g/mol. The second kappa shape index (κ2) is 8.49. The minimum Gasteiger partial charge on any atom is -0.376 e. The molecule has 20 heavy (non-hydrogen) atoms. The number of allylic oxidation sites excluding steroid dienone is 1. The van der Waals surface area contributed by atoms with E-state index in [-0.39, 0.29) is 5.78 Å². The van der Waals surface area contributed by atoms with Crippen LogP contribution in [-0.2, 0) is 28.5 Å². The van der Waals surface area contributed by atoms with Crippen LogP contribution in [0.1, 0.15) is 12.8 Å². The molecule has 0 radical (unpaired) electrons. The maximum absolute atomic E-state index is 12.2. The second-order valence-electron chi connectivity index (χ2n) is 4.56. The van der Waals surface area contributed by atoms with Crippen LogP contribution in [-0.4, -0.2) is 64.9 Å². The van der Waals surface area contributed by atoms with Crippen LogP contribution in [0.2, 0.25) is 0 Å². The maximum Gasteiger partial charge on any atom is 0.187 e. The van der Waals surface area contributed by atoms with Gasteiger partial charge in [0.15, 0.2) is 12.1 Å². The van der Waals surface area contributed by atoms with E-state index in [0.29, 0.717) is 12.8 Å². The largest absolute Gasteiger partial charge is 0.376 e. The van der Waals surface area contributed by atoms with E-state index in [4.69, 9.17) is 23.7 Å². The Hall–Kier alpha value is -0.790. The fourth-order valence-electron chi connectivity index (χ4n) is 2.42. The molecule has 1 saturated heterocycles. The van der Waals surface area contributed by atoms with Gasteiger partial charge in [-0.05, 0) is 6.42 Å². The van der Waals surface area contributed by atoms with Crippen LogP contribution in [0, 0.1) is 0 Å². The van der Waals surface area contributed by atoms with Gasteiger partial charge in [0.2, 0.25) is 0 Å². The SMILES string of the molecule is C=CCCC(=O)[C@H]1O[C@H](OC)[C@H](OC)[C@@H](OC)[C@@H]1OC. The predicted octanol–water partition coefficient (Wildman–Crippen LogP) is 0.938. The maximum atomic E-state index is 12.2. The lowest BCUT2D eigenvalue weighted by Crippen LogP contribution is -2.61. The Labute approximate surface area is 120 Å². The van der Waals surface area contributed by atoms with E-state index in [2.05, 4.69) is 6.58 Å². The number of hydrogen-bond acceptors (Lipinski definition) is 6. The topological polar surface area (TPSA) is 63.2 Å². The van der Waals surface area contributed by atoms with Gasteiger partial charge in [-0.15, -0.1) is 6.58 Å². The van der Waals surface area contributed by atoms with Crippen LogP contribution in [0.25, 0.3) is 0 Å². The summed E-state index contributed by atoms with van der Waals surface area (Å²) in [7, 11) is 6.11. The first-order valence-corrected chi connectivity index (χ1v) is 6.54. The minimum absolute atomic E-state index is 0.0598. The molecule has 1 aliphatic heterocycles. The van der Waals surface area contributed by atoms with Crippen molar-refractivity contribution in [2.24, 2.45) is 0 Å². The second-order valence-corrected chi connectivity index (χ2v) is 4.56. The first-order chi connectivity index (χ1) is 9.64. The molecule has 0 unspecified atom stereocenters. The number of ketones is 1. The molecule has 0 aromatic rings. The summed E-state index contributed by atoms with van der Waals surface area (Å²) in [6.45, 7) is 3.61. The number of carbonyl (C=O) groups is 1. The predicted molar refractivity (Wildman–Crippen MR) is 72.5 cm³/mol. The Morgan fingerprint density at radius 2 is 1.65 bits per heavy atom. The Bertz CT molecular complexity index is 319. The molecular formula is C14H24O6. The number of ether oxygens (including phenoxy) is 5. The average molecular weight is 288 g/mol. The van der Waals surface area contributed by atoms with Crippen LogP contribution in [0.3, 0.4) is 0 Å². The van der Waals surface area contributed by atoms with Gasteiger partial charge in [0.25, 0.3) is 0 Å². The minimum atomic E-state index is -0.735. The lowest BCUT2D eigenvalue weighted by atomic mass is 9.94. The summed E-state index contributed by atoms with van der Waals surface area (Å²) in [4.78, 5) is 12.2. The van der Waals surface area contributed by atoms with Gasteiger partial charge in [0.05, 0.1) is 0 Å². The molecule has 0 aromatic heterocycles. The zero-order valence-electron chi connectivity index (χ0n) is 12.5. The van der Waals surface area contributed by atoms with Gasteiger partial charge in [-0.25, -0.2) is 0 Å². The summed E-state index contributed by atoms with van der Waals surface area (Å²) in [5, 5.41) is 0. The zero-order chi connectivity index (χ0) is 15.1. The Balaban J connectivity index is 2.92. The molecule has 6 nitrogen and oxygen atoms in total. The molecule has 116 valence electrons. The first kappa shape index (κ1) is 17.3. The van der Waals surface area contributed by atoms with Crippen molar-refractivity contribution in [1.29, 1.82) is 0 Å². The van der Waals surface area contributed by atoms with Crippen molar-refractivity contribution in [3.63, 3.8) is 0 Å². The highest BCUT2D eigenvalue weighted by molar-refractivity contribution is 5.84. The van der Waals surface area contributed by atoms with Crippen LogP contribution in [0.15, 0.2) is 12.7 Å². The number of hydrogen-bond donors (Lipinski definition) is 0. The van der Waals surface area contributed by atoms with Crippen LogP contribution < -0.4 is 0 Å². The van der Waals surface area contributed by atoms with E-state index < -0.39 is 30.7 Å². The molecule has 1 fully saturated rings. The molecule has 0 amide bonds. The fraction of sp³-hybridized carbons (Fsp3) is 0.786. The van der Waals surface area contributed by atoms with Crippen molar-refractivity contribution in [2.75, 3.05) is 28.4 Å². The van der Waals surface area contributed by atoms with E-state index in [0.717, 1.165) is 0 Å². The average Bonchev–Trinajstić information content (AvgIpc) is 2.49. The van der Waals surface area contributed by atoms with Crippen molar-refractivity contribution < 1.29 is 28.5 Å². The number of carbonyl (C=O) groups excluding carboxylic acids is 1. The van der Waals surface area contributed by atoms with Gasteiger partial charge >= 0.3 is 0 Å². The van der Waals surface area contributed by atoms with Crippen molar-refractivity contribution in [2.45, 2.75) is 43.5 Å². The molecule has 0 spiro atoms. The highest BCUT2D eigenvalue weighted by Crippen LogP contribution is 2.28. The van der Waals surface area contributed by atoms with Crippen LogP contribution >= 0.6 is 0 Å². The summed E-state index contributed by atoms with van der Waals surface area (Å²) < 4.78 is 27.1. The zero-order valence-corrected chi connectivity index (χ0v) is 12.5. The fourth-order valence-corrected chi connectivity index (χ4v) is 2.42. The quantitative estimate of drug-likeness (QED) is 0.619. The normalized spacial score (nSPS) is 33.9. The Kier molecular flexibility index (Phi) is 7.32. The Morgan fingerprint density at radius 3 is 2.10 bits per heavy atom. The molecule has 1 heterocycles. The van der Waals surface area contributed by atoms with E-state index in [1.54, 1.807) is 20.3 Å². The number of methoxy groups -OCH3 is 4. The van der Waals surface area contributed by atoms with Crippen molar-refractivity contribution >= 4 is 5.78 Å². The molecule has 5 atom stereocenters. The van der Waals surface area contributed by atoms with Gasteiger partial charge < -0.3 is 23.7 Å². The summed E-state index contributed by atoms with van der Waals surface area (Å²) in [6.07, 6.45) is -0.206. The van der Waals surface area contributed by atoms with Crippen LogP contribution in [0.4, 0.5) is 0 Å². The molecule has 1 aliphatic rings. The Morgan fingerprint density at radius 1 is 1.05 bits per heavy atom. The first-order valence-electron chi connectivity index (χ1n) is 6.54. The lowest BCUT2D eigenvalue weighted by molar-refractivity contribution is -0.295. The van der Waals surface area contributed by atoms with Gasteiger partial charge in [0.1, 0.15) is 24.4 Å². The molecule has 6 heteroatoms. The third-order valence-corrected chi connectivity index (χ3v) is 3.46. The molecule has 1 rings (SSSR count). The number of rotatable bonds is 8. The molecule has 0 N–H and O–H groups in total. The van der Waals surface area contributed by atoms with E-state index in [1.807, 2.05) is 0 Å². The van der Waals surface area contributed by atoms with E-state index in [9.17, 15) is 4.79 Å². The lowest BCUT2D eigenvalue weighted by Gasteiger charge is -2.43. The number of Topliss-reactive ketones (excluding diaryl/α,β-unsaturated/α-hetero) is 1. The van der Waals surface area contributed by atoms with Gasteiger partial charge in [-0.2, -0.15) is 0 Å². The third-order valence-electron chi connectivity index (χ3n) is 3.46.